The number of halogens is 1. The first-order valence-electron chi connectivity index (χ1n) is 5.15. The van der Waals surface area contributed by atoms with Crippen LogP contribution in [0.15, 0.2) is 18.2 Å². The van der Waals surface area contributed by atoms with E-state index in [1.165, 1.54) is 6.07 Å². The van der Waals surface area contributed by atoms with Gasteiger partial charge in [-0.15, -0.1) is 0 Å². The topological polar surface area (TPSA) is 20.2 Å². The fourth-order valence-corrected chi connectivity index (χ4v) is 1.50. The van der Waals surface area contributed by atoms with Crippen LogP contribution in [-0.4, -0.2) is 5.11 Å². The summed E-state index contributed by atoms with van der Waals surface area (Å²) >= 11 is 0. The zero-order valence-electron chi connectivity index (χ0n) is 8.76. The Morgan fingerprint density at radius 1 is 1.36 bits per heavy atom. The normalized spacial score (nSPS) is 12.9. The van der Waals surface area contributed by atoms with Gasteiger partial charge in [-0.3, -0.25) is 0 Å². The van der Waals surface area contributed by atoms with Crippen molar-refractivity contribution in [2.75, 3.05) is 0 Å². The highest BCUT2D eigenvalue weighted by atomic mass is 19.1. The molecule has 0 aliphatic heterocycles. The number of benzene rings is 1. The van der Waals surface area contributed by atoms with Gasteiger partial charge < -0.3 is 5.11 Å². The summed E-state index contributed by atoms with van der Waals surface area (Å²) in [6.45, 7) is 3.99. The van der Waals surface area contributed by atoms with Gasteiger partial charge in [0.15, 0.2) is 0 Å². The van der Waals surface area contributed by atoms with Crippen LogP contribution in [0.4, 0.5) is 4.39 Å². The first-order valence-corrected chi connectivity index (χ1v) is 5.15. The lowest BCUT2D eigenvalue weighted by Gasteiger charge is -2.11. The number of aliphatic hydroxyl groups excluding tert-OH is 1. The molecule has 0 aliphatic rings. The fraction of sp³-hybridized carbons (Fsp3) is 0.500. The zero-order chi connectivity index (χ0) is 10.6. The van der Waals surface area contributed by atoms with E-state index >= 15 is 0 Å². The lowest BCUT2D eigenvalue weighted by molar-refractivity contribution is 0.162. The SMILES string of the molecule is CCCC(O)c1cc(CC)ccc1F. The van der Waals surface area contributed by atoms with E-state index in [0.717, 1.165) is 18.4 Å². The molecular weight excluding hydrogens is 179 g/mol. The fourth-order valence-electron chi connectivity index (χ4n) is 1.50. The van der Waals surface area contributed by atoms with Gasteiger partial charge in [0.25, 0.3) is 0 Å². The van der Waals surface area contributed by atoms with Gasteiger partial charge in [-0.2, -0.15) is 0 Å². The number of aliphatic hydroxyl groups is 1. The maximum absolute atomic E-state index is 13.3. The molecule has 1 unspecified atom stereocenters. The predicted molar refractivity (Wildman–Crippen MR) is 55.6 cm³/mol. The van der Waals surface area contributed by atoms with E-state index in [0.29, 0.717) is 12.0 Å². The van der Waals surface area contributed by atoms with Crippen LogP contribution in [0.5, 0.6) is 0 Å². The Hall–Kier alpha value is -0.890. The Balaban J connectivity index is 2.93. The van der Waals surface area contributed by atoms with Crippen LogP contribution in [0.1, 0.15) is 43.9 Å². The summed E-state index contributed by atoms with van der Waals surface area (Å²) in [5, 5.41) is 9.68. The molecule has 1 aromatic rings. The van der Waals surface area contributed by atoms with E-state index in [4.69, 9.17) is 0 Å². The molecule has 0 aromatic heterocycles. The Morgan fingerprint density at radius 2 is 2.07 bits per heavy atom. The second-order valence-electron chi connectivity index (χ2n) is 3.51. The number of rotatable bonds is 4. The molecule has 0 fully saturated rings. The molecule has 1 nitrogen and oxygen atoms in total. The lowest BCUT2D eigenvalue weighted by Crippen LogP contribution is -2.01. The molecule has 0 aliphatic carbocycles. The smallest absolute Gasteiger partial charge is 0.129 e. The first-order chi connectivity index (χ1) is 6.69. The van der Waals surface area contributed by atoms with Crippen molar-refractivity contribution in [3.05, 3.63) is 35.1 Å². The quantitative estimate of drug-likeness (QED) is 0.784. The highest BCUT2D eigenvalue weighted by Crippen LogP contribution is 2.22. The van der Waals surface area contributed by atoms with Gasteiger partial charge in [-0.25, -0.2) is 4.39 Å². The molecule has 0 radical (unpaired) electrons. The van der Waals surface area contributed by atoms with Crippen molar-refractivity contribution in [3.63, 3.8) is 0 Å². The van der Waals surface area contributed by atoms with Crippen LogP contribution in [0.25, 0.3) is 0 Å². The van der Waals surface area contributed by atoms with Crippen LogP contribution in [-0.2, 0) is 6.42 Å². The van der Waals surface area contributed by atoms with Gasteiger partial charge in [-0.1, -0.05) is 32.4 Å². The molecule has 14 heavy (non-hydrogen) atoms. The largest absolute Gasteiger partial charge is 0.388 e. The molecule has 1 rings (SSSR count). The number of hydrogen-bond acceptors (Lipinski definition) is 1. The third kappa shape index (κ3) is 2.55. The van der Waals surface area contributed by atoms with Gasteiger partial charge in [0, 0.05) is 5.56 Å². The third-order valence-corrected chi connectivity index (χ3v) is 2.39. The Labute approximate surface area is 84.6 Å². The van der Waals surface area contributed by atoms with Gasteiger partial charge in [0.1, 0.15) is 5.82 Å². The van der Waals surface area contributed by atoms with Crippen molar-refractivity contribution in [2.45, 2.75) is 39.2 Å². The van der Waals surface area contributed by atoms with Crippen molar-refractivity contribution in [2.24, 2.45) is 0 Å². The maximum atomic E-state index is 13.3. The molecule has 1 N–H and O–H groups in total. The summed E-state index contributed by atoms with van der Waals surface area (Å²) in [6, 6.07) is 4.96. The number of aryl methyl sites for hydroxylation is 1. The van der Waals surface area contributed by atoms with Crippen LogP contribution in [0.2, 0.25) is 0 Å². The molecule has 0 bridgehead atoms. The average molecular weight is 196 g/mol. The number of hydrogen-bond donors (Lipinski definition) is 1. The molecule has 0 saturated carbocycles. The van der Waals surface area contributed by atoms with E-state index in [2.05, 4.69) is 0 Å². The van der Waals surface area contributed by atoms with Gasteiger partial charge in [-0.05, 0) is 24.5 Å². The highest BCUT2D eigenvalue weighted by Gasteiger charge is 2.11. The minimum Gasteiger partial charge on any atom is -0.388 e. The van der Waals surface area contributed by atoms with E-state index in [1.807, 2.05) is 13.8 Å². The third-order valence-electron chi connectivity index (χ3n) is 2.39. The van der Waals surface area contributed by atoms with Crippen LogP contribution in [0, 0.1) is 5.82 Å². The van der Waals surface area contributed by atoms with E-state index in [1.54, 1.807) is 12.1 Å². The average Bonchev–Trinajstić information content (AvgIpc) is 2.19. The lowest BCUT2D eigenvalue weighted by atomic mass is 10.0. The van der Waals surface area contributed by atoms with E-state index in [-0.39, 0.29) is 5.82 Å². The molecule has 0 amide bonds. The van der Waals surface area contributed by atoms with Crippen molar-refractivity contribution < 1.29 is 9.50 Å². The molecule has 2 heteroatoms. The Morgan fingerprint density at radius 3 is 2.64 bits per heavy atom. The summed E-state index contributed by atoms with van der Waals surface area (Å²) < 4.78 is 13.3. The first kappa shape index (κ1) is 11.2. The van der Waals surface area contributed by atoms with E-state index < -0.39 is 6.10 Å². The summed E-state index contributed by atoms with van der Waals surface area (Å²) in [4.78, 5) is 0. The second-order valence-corrected chi connectivity index (χ2v) is 3.51. The summed E-state index contributed by atoms with van der Waals surface area (Å²) in [5.74, 6) is -0.303. The molecule has 0 saturated heterocycles. The second kappa shape index (κ2) is 5.11. The summed E-state index contributed by atoms with van der Waals surface area (Å²) in [7, 11) is 0. The van der Waals surface area contributed by atoms with Gasteiger partial charge in [0.05, 0.1) is 6.10 Å². The van der Waals surface area contributed by atoms with E-state index in [9.17, 15) is 9.50 Å². The van der Waals surface area contributed by atoms with Gasteiger partial charge >= 0.3 is 0 Å². The zero-order valence-corrected chi connectivity index (χ0v) is 8.76. The van der Waals surface area contributed by atoms with Crippen molar-refractivity contribution >= 4 is 0 Å². The van der Waals surface area contributed by atoms with Crippen LogP contribution < -0.4 is 0 Å². The monoisotopic (exact) mass is 196 g/mol. The minimum absolute atomic E-state index is 0.303. The summed E-state index contributed by atoms with van der Waals surface area (Å²) in [6.07, 6.45) is 1.68. The standard InChI is InChI=1S/C12H17FO/c1-3-5-12(14)10-8-9(4-2)6-7-11(10)13/h6-8,12,14H,3-5H2,1-2H3. The van der Waals surface area contributed by atoms with Crippen molar-refractivity contribution in [1.29, 1.82) is 0 Å². The molecule has 0 spiro atoms. The summed E-state index contributed by atoms with van der Waals surface area (Å²) in [5.41, 5.74) is 1.50. The molecule has 1 aromatic carbocycles. The Bertz CT molecular complexity index is 296. The van der Waals surface area contributed by atoms with Crippen LogP contribution in [0.3, 0.4) is 0 Å². The van der Waals surface area contributed by atoms with Crippen molar-refractivity contribution in [3.8, 4) is 0 Å². The minimum atomic E-state index is -0.661. The predicted octanol–water partition coefficient (Wildman–Crippen LogP) is 3.22. The highest BCUT2D eigenvalue weighted by molar-refractivity contribution is 5.26. The molecule has 1 atom stereocenters. The maximum Gasteiger partial charge on any atom is 0.129 e. The molecule has 0 heterocycles. The van der Waals surface area contributed by atoms with Crippen LogP contribution >= 0.6 is 0 Å². The molecular formula is C12H17FO. The van der Waals surface area contributed by atoms with Gasteiger partial charge in [0.2, 0.25) is 0 Å². The van der Waals surface area contributed by atoms with Crippen molar-refractivity contribution in [1.82, 2.24) is 0 Å². The molecule has 78 valence electrons. The Kier molecular flexibility index (Phi) is 4.08.